The third kappa shape index (κ3) is 3.50. The summed E-state index contributed by atoms with van der Waals surface area (Å²) < 4.78 is 0. The first-order valence-corrected chi connectivity index (χ1v) is 8.24. The van der Waals surface area contributed by atoms with Crippen molar-refractivity contribution in [3.05, 3.63) is 0 Å². The Morgan fingerprint density at radius 2 is 1.58 bits per heavy atom. The molecule has 1 aliphatic carbocycles. The predicted octanol–water partition coefficient (Wildman–Crippen LogP) is 2.51. The van der Waals surface area contributed by atoms with Crippen LogP contribution in [0.25, 0.3) is 0 Å². The fourth-order valence-electron chi connectivity index (χ4n) is 3.60. The summed E-state index contributed by atoms with van der Waals surface area (Å²) in [7, 11) is 0. The van der Waals surface area contributed by atoms with E-state index in [-0.39, 0.29) is 0 Å². The third-order valence-electron chi connectivity index (χ3n) is 5.31. The molecule has 3 fully saturated rings. The number of likely N-dealkylation sites (tertiary alicyclic amines) is 2. The van der Waals surface area contributed by atoms with Gasteiger partial charge in [-0.1, -0.05) is 6.92 Å². The normalized spacial score (nSPS) is 27.7. The minimum Gasteiger partial charge on any atom is -0.343 e. The Morgan fingerprint density at radius 1 is 0.947 bits per heavy atom. The molecule has 108 valence electrons. The highest BCUT2D eigenvalue weighted by atomic mass is 16.2. The number of carbonyl (C=O) groups is 1. The molecule has 3 heteroatoms. The first-order chi connectivity index (χ1) is 9.22. The minimum absolute atomic E-state index is 0.428. The van der Waals surface area contributed by atoms with Crippen molar-refractivity contribution in [2.75, 3.05) is 26.2 Å². The van der Waals surface area contributed by atoms with Crippen molar-refractivity contribution in [2.24, 2.45) is 11.8 Å². The maximum absolute atomic E-state index is 12.3. The maximum Gasteiger partial charge on any atom is 0.222 e. The zero-order valence-electron chi connectivity index (χ0n) is 12.3. The summed E-state index contributed by atoms with van der Waals surface area (Å²) in [6, 6.07) is 0.903. The van der Waals surface area contributed by atoms with Gasteiger partial charge in [0.25, 0.3) is 0 Å². The molecule has 0 bridgehead atoms. The van der Waals surface area contributed by atoms with Crippen LogP contribution in [0.15, 0.2) is 0 Å². The van der Waals surface area contributed by atoms with Gasteiger partial charge in [0.2, 0.25) is 5.91 Å². The summed E-state index contributed by atoms with van der Waals surface area (Å²) >= 11 is 0. The fourth-order valence-corrected chi connectivity index (χ4v) is 3.60. The zero-order valence-corrected chi connectivity index (χ0v) is 12.3. The second kappa shape index (κ2) is 5.82. The van der Waals surface area contributed by atoms with Crippen molar-refractivity contribution < 1.29 is 4.79 Å². The average molecular weight is 264 g/mol. The van der Waals surface area contributed by atoms with Crippen LogP contribution >= 0.6 is 0 Å². The predicted molar refractivity (Wildman–Crippen MR) is 76.9 cm³/mol. The number of hydrogen-bond donors (Lipinski definition) is 0. The van der Waals surface area contributed by atoms with Gasteiger partial charge < -0.3 is 9.80 Å². The molecule has 0 unspecified atom stereocenters. The van der Waals surface area contributed by atoms with Crippen molar-refractivity contribution in [1.29, 1.82) is 0 Å². The molecule has 2 saturated heterocycles. The van der Waals surface area contributed by atoms with E-state index in [0.717, 1.165) is 31.5 Å². The van der Waals surface area contributed by atoms with E-state index in [1.54, 1.807) is 0 Å². The molecule has 2 heterocycles. The van der Waals surface area contributed by atoms with Gasteiger partial charge in [0.1, 0.15) is 0 Å². The first kappa shape index (κ1) is 13.4. The van der Waals surface area contributed by atoms with Crippen LogP contribution in [-0.2, 0) is 4.79 Å². The van der Waals surface area contributed by atoms with E-state index >= 15 is 0 Å². The van der Waals surface area contributed by atoms with Crippen LogP contribution in [0.2, 0.25) is 0 Å². The maximum atomic E-state index is 12.3. The molecule has 3 rings (SSSR count). The van der Waals surface area contributed by atoms with Gasteiger partial charge in [0.15, 0.2) is 0 Å². The second-order valence-corrected chi connectivity index (χ2v) is 6.98. The Morgan fingerprint density at radius 3 is 2.16 bits per heavy atom. The van der Waals surface area contributed by atoms with Crippen molar-refractivity contribution in [2.45, 2.75) is 57.9 Å². The number of hydrogen-bond acceptors (Lipinski definition) is 2. The zero-order chi connectivity index (χ0) is 13.2. The number of piperidine rings is 2. The molecule has 0 aromatic heterocycles. The number of rotatable bonds is 3. The summed E-state index contributed by atoms with van der Waals surface area (Å²) in [6.07, 6.45) is 8.52. The Labute approximate surface area is 117 Å². The largest absolute Gasteiger partial charge is 0.343 e. The molecule has 1 saturated carbocycles. The topological polar surface area (TPSA) is 23.6 Å². The van der Waals surface area contributed by atoms with Crippen molar-refractivity contribution >= 4 is 5.91 Å². The van der Waals surface area contributed by atoms with Crippen molar-refractivity contribution in [1.82, 2.24) is 9.80 Å². The molecule has 3 aliphatic rings. The lowest BCUT2D eigenvalue weighted by Gasteiger charge is -2.34. The Kier molecular flexibility index (Phi) is 4.11. The molecule has 3 nitrogen and oxygen atoms in total. The molecule has 0 N–H and O–H groups in total. The fraction of sp³-hybridized carbons (Fsp3) is 0.938. The molecule has 2 aliphatic heterocycles. The number of carbonyl (C=O) groups excluding carboxylic acids is 1. The summed E-state index contributed by atoms with van der Waals surface area (Å²) in [5.74, 6) is 1.89. The molecule has 0 aromatic rings. The average Bonchev–Trinajstić information content (AvgIpc) is 3.25. The van der Waals surface area contributed by atoms with E-state index in [1.807, 2.05) is 0 Å². The van der Waals surface area contributed by atoms with Gasteiger partial charge in [0.05, 0.1) is 0 Å². The molecule has 0 spiro atoms. The smallest absolute Gasteiger partial charge is 0.222 e. The van der Waals surface area contributed by atoms with E-state index in [1.165, 1.54) is 51.6 Å². The monoisotopic (exact) mass is 264 g/mol. The van der Waals surface area contributed by atoms with Gasteiger partial charge in [-0.25, -0.2) is 0 Å². The van der Waals surface area contributed by atoms with Crippen LogP contribution in [0.1, 0.15) is 51.9 Å². The van der Waals surface area contributed by atoms with Crippen molar-refractivity contribution in [3.63, 3.8) is 0 Å². The van der Waals surface area contributed by atoms with E-state index in [9.17, 15) is 4.79 Å². The van der Waals surface area contributed by atoms with Gasteiger partial charge in [0, 0.05) is 25.6 Å². The molecular weight excluding hydrogens is 236 g/mol. The quantitative estimate of drug-likeness (QED) is 0.782. The van der Waals surface area contributed by atoms with Gasteiger partial charge in [-0.15, -0.1) is 0 Å². The molecule has 0 atom stereocenters. The van der Waals surface area contributed by atoms with E-state index < -0.39 is 0 Å². The van der Waals surface area contributed by atoms with Crippen LogP contribution in [0.5, 0.6) is 0 Å². The molecule has 19 heavy (non-hydrogen) atoms. The Hall–Kier alpha value is -0.570. The Bertz CT molecular complexity index is 311. The summed E-state index contributed by atoms with van der Waals surface area (Å²) in [6.45, 7) is 6.77. The summed E-state index contributed by atoms with van der Waals surface area (Å²) in [4.78, 5) is 17.1. The van der Waals surface area contributed by atoms with Gasteiger partial charge in [-0.05, 0) is 63.5 Å². The highest BCUT2D eigenvalue weighted by molar-refractivity contribution is 5.76. The standard InChI is InChI=1S/C16H28N2O/c1-13-4-8-18(9-5-13)16(19)12-14-6-10-17(11-7-14)15-2-3-15/h13-15H,2-12H2,1H3. The van der Waals surface area contributed by atoms with E-state index in [0.29, 0.717) is 11.8 Å². The SMILES string of the molecule is CC1CCN(C(=O)CC2CCN(C3CC3)CC2)CC1. The summed E-state index contributed by atoms with van der Waals surface area (Å²) in [5.41, 5.74) is 0. The lowest BCUT2D eigenvalue weighted by molar-refractivity contribution is -0.133. The minimum atomic E-state index is 0.428. The third-order valence-corrected chi connectivity index (χ3v) is 5.31. The van der Waals surface area contributed by atoms with Crippen LogP contribution in [-0.4, -0.2) is 47.9 Å². The Balaban J connectivity index is 1.40. The molecule has 0 aromatic carbocycles. The van der Waals surface area contributed by atoms with E-state index in [4.69, 9.17) is 0 Å². The van der Waals surface area contributed by atoms with Gasteiger partial charge >= 0.3 is 0 Å². The number of amides is 1. The highest BCUT2D eigenvalue weighted by Gasteiger charge is 2.32. The lowest BCUT2D eigenvalue weighted by atomic mass is 9.92. The van der Waals surface area contributed by atoms with Crippen LogP contribution in [0, 0.1) is 11.8 Å². The van der Waals surface area contributed by atoms with Crippen LogP contribution in [0.3, 0.4) is 0 Å². The number of nitrogens with zero attached hydrogens (tertiary/aromatic N) is 2. The van der Waals surface area contributed by atoms with Gasteiger partial charge in [-0.3, -0.25) is 4.79 Å². The molecule has 0 radical (unpaired) electrons. The second-order valence-electron chi connectivity index (χ2n) is 6.98. The first-order valence-electron chi connectivity index (χ1n) is 8.24. The van der Waals surface area contributed by atoms with Crippen LogP contribution in [0.4, 0.5) is 0 Å². The lowest BCUT2D eigenvalue weighted by Crippen LogP contribution is -2.41. The molecule has 1 amide bonds. The van der Waals surface area contributed by atoms with Crippen LogP contribution < -0.4 is 0 Å². The molecular formula is C16H28N2O. The van der Waals surface area contributed by atoms with Crippen molar-refractivity contribution in [3.8, 4) is 0 Å². The van der Waals surface area contributed by atoms with E-state index in [2.05, 4.69) is 16.7 Å². The highest BCUT2D eigenvalue weighted by Crippen LogP contribution is 2.32. The van der Waals surface area contributed by atoms with Gasteiger partial charge in [-0.2, -0.15) is 0 Å². The summed E-state index contributed by atoms with van der Waals surface area (Å²) in [5, 5.41) is 0.